The van der Waals surface area contributed by atoms with Crippen LogP contribution in [0.25, 0.3) is 5.69 Å². The molecule has 0 saturated carbocycles. The lowest BCUT2D eigenvalue weighted by Gasteiger charge is -2.07. The number of aromatic nitrogens is 2. The van der Waals surface area contributed by atoms with E-state index in [4.69, 9.17) is 4.74 Å². The Bertz CT molecular complexity index is 998. The average Bonchev–Trinajstić information content (AvgIpc) is 3.12. The van der Waals surface area contributed by atoms with Gasteiger partial charge in [0.25, 0.3) is 5.91 Å². The van der Waals surface area contributed by atoms with E-state index in [1.807, 2.05) is 6.92 Å². The molecule has 8 heteroatoms. The summed E-state index contributed by atoms with van der Waals surface area (Å²) in [6, 6.07) is 12.5. The molecular formula is C21H21FN4O3. The molecule has 1 heterocycles. The van der Waals surface area contributed by atoms with E-state index in [0.29, 0.717) is 29.4 Å². The van der Waals surface area contributed by atoms with Crippen LogP contribution in [0.3, 0.4) is 0 Å². The van der Waals surface area contributed by atoms with Crippen LogP contribution in [-0.4, -0.2) is 28.2 Å². The van der Waals surface area contributed by atoms with Crippen LogP contribution in [-0.2, 0) is 4.79 Å². The molecule has 29 heavy (non-hydrogen) atoms. The van der Waals surface area contributed by atoms with Crippen molar-refractivity contribution in [1.82, 2.24) is 9.78 Å². The van der Waals surface area contributed by atoms with E-state index in [-0.39, 0.29) is 17.4 Å². The Morgan fingerprint density at radius 2 is 1.66 bits per heavy atom. The molecule has 150 valence electrons. The van der Waals surface area contributed by atoms with Crippen LogP contribution in [0.2, 0.25) is 0 Å². The molecule has 0 atom stereocenters. The lowest BCUT2D eigenvalue weighted by molar-refractivity contribution is -0.114. The van der Waals surface area contributed by atoms with Crippen molar-refractivity contribution in [3.05, 3.63) is 66.2 Å². The topological polar surface area (TPSA) is 85.2 Å². The average molecular weight is 396 g/mol. The van der Waals surface area contributed by atoms with Gasteiger partial charge in [0.05, 0.1) is 18.5 Å². The number of rotatable bonds is 7. The molecule has 7 nitrogen and oxygen atoms in total. The van der Waals surface area contributed by atoms with Gasteiger partial charge in [-0.1, -0.05) is 6.92 Å². The van der Waals surface area contributed by atoms with Gasteiger partial charge in [0, 0.05) is 18.3 Å². The highest BCUT2D eigenvalue weighted by molar-refractivity contribution is 6.04. The number of ether oxygens (including phenoxy) is 1. The van der Waals surface area contributed by atoms with Crippen LogP contribution in [0.1, 0.15) is 30.8 Å². The van der Waals surface area contributed by atoms with E-state index >= 15 is 0 Å². The van der Waals surface area contributed by atoms with Crippen LogP contribution in [0.4, 0.5) is 15.8 Å². The first-order valence-electron chi connectivity index (χ1n) is 9.13. The van der Waals surface area contributed by atoms with Crippen LogP contribution in [0, 0.1) is 5.82 Å². The van der Waals surface area contributed by atoms with Crippen molar-refractivity contribution < 1.29 is 18.7 Å². The van der Waals surface area contributed by atoms with Gasteiger partial charge in [0.15, 0.2) is 11.4 Å². The Hall–Kier alpha value is -3.68. The number of nitrogens with one attached hydrogen (secondary N) is 2. The fourth-order valence-corrected chi connectivity index (χ4v) is 2.59. The lowest BCUT2D eigenvalue weighted by Crippen LogP contribution is -2.15. The molecule has 0 radical (unpaired) electrons. The van der Waals surface area contributed by atoms with Crippen LogP contribution in [0.15, 0.2) is 54.7 Å². The molecule has 3 rings (SSSR count). The van der Waals surface area contributed by atoms with Crippen molar-refractivity contribution in [2.75, 3.05) is 17.2 Å². The highest BCUT2D eigenvalue weighted by atomic mass is 19.1. The molecule has 2 amide bonds. The summed E-state index contributed by atoms with van der Waals surface area (Å²) in [7, 11) is 0. The molecule has 0 spiro atoms. The molecule has 0 aliphatic rings. The lowest BCUT2D eigenvalue weighted by atomic mass is 10.2. The van der Waals surface area contributed by atoms with E-state index < -0.39 is 5.91 Å². The fraction of sp³-hybridized carbons (Fsp3) is 0.190. The van der Waals surface area contributed by atoms with E-state index in [9.17, 15) is 14.0 Å². The van der Waals surface area contributed by atoms with Gasteiger partial charge >= 0.3 is 0 Å². The molecular weight excluding hydrogens is 375 g/mol. The van der Waals surface area contributed by atoms with E-state index in [0.717, 1.165) is 6.42 Å². The number of anilines is 2. The number of hydrogen-bond acceptors (Lipinski definition) is 4. The number of carbonyl (C=O) groups is 2. The number of hydrogen-bond donors (Lipinski definition) is 2. The van der Waals surface area contributed by atoms with E-state index in [2.05, 4.69) is 15.7 Å². The van der Waals surface area contributed by atoms with Crippen LogP contribution < -0.4 is 15.4 Å². The Balaban J connectivity index is 1.82. The van der Waals surface area contributed by atoms with E-state index in [1.165, 1.54) is 23.7 Å². The second kappa shape index (κ2) is 9.01. The van der Waals surface area contributed by atoms with Crippen molar-refractivity contribution in [3.8, 4) is 11.4 Å². The third-order valence-corrected chi connectivity index (χ3v) is 3.91. The number of carbonyl (C=O) groups excluding carboxylic acids is 2. The van der Waals surface area contributed by atoms with Gasteiger partial charge in [0.2, 0.25) is 5.91 Å². The quantitative estimate of drug-likeness (QED) is 0.632. The maximum atomic E-state index is 13.2. The standard InChI is InChI=1S/C21H21FN4O3/c1-3-12-29-19-13-26(18-10-4-15(22)5-11-18)25-20(19)21(28)24-17-8-6-16(7-9-17)23-14(2)27/h4-11,13H,3,12H2,1-2H3,(H,23,27)(H,24,28). The summed E-state index contributed by atoms with van der Waals surface area (Å²) in [5, 5.41) is 9.74. The molecule has 2 aromatic carbocycles. The summed E-state index contributed by atoms with van der Waals surface area (Å²) in [4.78, 5) is 23.9. The minimum Gasteiger partial charge on any atom is -0.489 e. The number of amides is 2. The molecule has 0 bridgehead atoms. The summed E-state index contributed by atoms with van der Waals surface area (Å²) in [5.41, 5.74) is 1.89. The second-order valence-corrected chi connectivity index (χ2v) is 6.32. The van der Waals surface area contributed by atoms with Crippen LogP contribution >= 0.6 is 0 Å². The predicted octanol–water partition coefficient (Wildman–Crippen LogP) is 4.01. The number of halogens is 1. The molecule has 2 N–H and O–H groups in total. The van der Waals surface area contributed by atoms with Crippen molar-refractivity contribution in [2.45, 2.75) is 20.3 Å². The summed E-state index contributed by atoms with van der Waals surface area (Å²) < 4.78 is 20.3. The second-order valence-electron chi connectivity index (χ2n) is 6.32. The molecule has 0 aliphatic carbocycles. The fourth-order valence-electron chi connectivity index (χ4n) is 2.59. The summed E-state index contributed by atoms with van der Waals surface area (Å²) in [5.74, 6) is -0.636. The predicted molar refractivity (Wildman–Crippen MR) is 108 cm³/mol. The SMILES string of the molecule is CCCOc1cn(-c2ccc(F)cc2)nc1C(=O)Nc1ccc(NC(C)=O)cc1. The van der Waals surface area contributed by atoms with Gasteiger partial charge in [-0.05, 0) is 55.0 Å². The smallest absolute Gasteiger partial charge is 0.280 e. The molecule has 0 fully saturated rings. The zero-order valence-electron chi connectivity index (χ0n) is 16.1. The first-order valence-corrected chi connectivity index (χ1v) is 9.13. The van der Waals surface area contributed by atoms with Crippen molar-refractivity contribution >= 4 is 23.2 Å². The van der Waals surface area contributed by atoms with Gasteiger partial charge in [-0.25, -0.2) is 9.07 Å². The van der Waals surface area contributed by atoms with Crippen molar-refractivity contribution in [2.24, 2.45) is 0 Å². The zero-order valence-corrected chi connectivity index (χ0v) is 16.1. The van der Waals surface area contributed by atoms with Gasteiger partial charge < -0.3 is 15.4 Å². The van der Waals surface area contributed by atoms with Crippen molar-refractivity contribution in [1.29, 1.82) is 0 Å². The van der Waals surface area contributed by atoms with Crippen molar-refractivity contribution in [3.63, 3.8) is 0 Å². The largest absolute Gasteiger partial charge is 0.489 e. The van der Waals surface area contributed by atoms with Gasteiger partial charge in [-0.15, -0.1) is 0 Å². The van der Waals surface area contributed by atoms with Gasteiger partial charge in [-0.2, -0.15) is 5.10 Å². The van der Waals surface area contributed by atoms with E-state index in [1.54, 1.807) is 42.6 Å². The van der Waals surface area contributed by atoms with Gasteiger partial charge in [0.1, 0.15) is 5.82 Å². The highest BCUT2D eigenvalue weighted by Crippen LogP contribution is 2.22. The highest BCUT2D eigenvalue weighted by Gasteiger charge is 2.19. The first kappa shape index (κ1) is 20.1. The first-order chi connectivity index (χ1) is 14.0. The molecule has 3 aromatic rings. The monoisotopic (exact) mass is 396 g/mol. The zero-order chi connectivity index (χ0) is 20.8. The summed E-state index contributed by atoms with van der Waals surface area (Å²) >= 11 is 0. The Morgan fingerprint density at radius 1 is 1.03 bits per heavy atom. The van der Waals surface area contributed by atoms with Crippen LogP contribution in [0.5, 0.6) is 5.75 Å². The van der Waals surface area contributed by atoms with Gasteiger partial charge in [-0.3, -0.25) is 9.59 Å². The molecule has 0 unspecified atom stereocenters. The minimum atomic E-state index is -0.441. The maximum absolute atomic E-state index is 13.2. The molecule has 0 aliphatic heterocycles. The summed E-state index contributed by atoms with van der Waals surface area (Å²) in [6.07, 6.45) is 2.37. The molecule has 0 saturated heterocycles. The normalized spacial score (nSPS) is 10.4. The third kappa shape index (κ3) is 5.19. The minimum absolute atomic E-state index is 0.119. The maximum Gasteiger partial charge on any atom is 0.280 e. The number of benzene rings is 2. The third-order valence-electron chi connectivity index (χ3n) is 3.91. The Kier molecular flexibility index (Phi) is 6.23. The Morgan fingerprint density at radius 3 is 2.24 bits per heavy atom. The Labute approximate surface area is 167 Å². The number of nitrogens with zero attached hydrogens (tertiary/aromatic N) is 2. The molecule has 1 aromatic heterocycles. The summed E-state index contributed by atoms with van der Waals surface area (Å²) in [6.45, 7) is 3.81.